The number of ether oxygens (including phenoxy) is 1. The van der Waals surface area contributed by atoms with Crippen LogP contribution in [0, 0.1) is 0 Å². The van der Waals surface area contributed by atoms with Crippen molar-refractivity contribution in [3.8, 4) is 5.75 Å². The second kappa shape index (κ2) is 8.33. The predicted molar refractivity (Wildman–Crippen MR) is 93.2 cm³/mol. The van der Waals surface area contributed by atoms with E-state index in [1.54, 1.807) is 36.6 Å². The molecule has 0 fully saturated rings. The second-order valence-electron chi connectivity index (χ2n) is 5.08. The van der Waals surface area contributed by atoms with E-state index in [2.05, 4.69) is 16.7 Å². The largest absolute Gasteiger partial charge is 0.495 e. The van der Waals surface area contributed by atoms with Crippen LogP contribution in [0.4, 0.5) is 11.4 Å². The number of aryl methyl sites for hydroxylation is 1. The number of rotatable bonds is 7. The lowest BCUT2D eigenvalue weighted by Gasteiger charge is -2.12. The SMILES string of the molecule is COc1ccc(NC(C)=O)cc1NC(=O)CCCc1cccs1. The molecule has 1 aromatic heterocycles. The lowest BCUT2D eigenvalue weighted by Crippen LogP contribution is -2.13. The number of hydrogen-bond donors (Lipinski definition) is 2. The minimum Gasteiger partial charge on any atom is -0.495 e. The third-order valence-corrected chi connectivity index (χ3v) is 4.14. The Kier molecular flexibility index (Phi) is 6.17. The molecule has 0 unspecified atom stereocenters. The van der Waals surface area contributed by atoms with Crippen molar-refractivity contribution < 1.29 is 14.3 Å². The van der Waals surface area contributed by atoms with E-state index in [4.69, 9.17) is 4.74 Å². The molecule has 0 saturated carbocycles. The molecule has 0 saturated heterocycles. The zero-order valence-electron chi connectivity index (χ0n) is 13.2. The molecule has 1 heterocycles. The van der Waals surface area contributed by atoms with Gasteiger partial charge in [0, 0.05) is 23.9 Å². The second-order valence-corrected chi connectivity index (χ2v) is 6.11. The van der Waals surface area contributed by atoms with Gasteiger partial charge < -0.3 is 15.4 Å². The number of methoxy groups -OCH3 is 1. The molecule has 0 aliphatic heterocycles. The third kappa shape index (κ3) is 5.41. The molecule has 2 rings (SSSR count). The Morgan fingerprint density at radius 1 is 1.22 bits per heavy atom. The maximum absolute atomic E-state index is 12.1. The summed E-state index contributed by atoms with van der Waals surface area (Å²) in [7, 11) is 1.54. The highest BCUT2D eigenvalue weighted by Gasteiger charge is 2.09. The molecule has 23 heavy (non-hydrogen) atoms. The third-order valence-electron chi connectivity index (χ3n) is 3.20. The fraction of sp³-hybridized carbons (Fsp3) is 0.294. The van der Waals surface area contributed by atoms with Gasteiger partial charge in [0.05, 0.1) is 12.8 Å². The van der Waals surface area contributed by atoms with E-state index in [0.717, 1.165) is 12.8 Å². The standard InChI is InChI=1S/C17H20N2O3S/c1-12(20)18-13-8-9-16(22-2)15(11-13)19-17(21)7-3-5-14-6-4-10-23-14/h4,6,8-11H,3,5,7H2,1-2H3,(H,18,20)(H,19,21). The van der Waals surface area contributed by atoms with Gasteiger partial charge in [-0.25, -0.2) is 0 Å². The van der Waals surface area contributed by atoms with Crippen LogP contribution in [0.25, 0.3) is 0 Å². The smallest absolute Gasteiger partial charge is 0.224 e. The van der Waals surface area contributed by atoms with E-state index in [1.807, 2.05) is 11.4 Å². The molecule has 2 N–H and O–H groups in total. The summed E-state index contributed by atoms with van der Waals surface area (Å²) in [6.07, 6.45) is 2.12. The Morgan fingerprint density at radius 2 is 2.04 bits per heavy atom. The quantitative estimate of drug-likeness (QED) is 0.813. The van der Waals surface area contributed by atoms with Crippen molar-refractivity contribution >= 4 is 34.5 Å². The Labute approximate surface area is 139 Å². The lowest BCUT2D eigenvalue weighted by atomic mass is 10.2. The van der Waals surface area contributed by atoms with Crippen molar-refractivity contribution in [3.05, 3.63) is 40.6 Å². The Morgan fingerprint density at radius 3 is 2.70 bits per heavy atom. The number of nitrogens with one attached hydrogen (secondary N) is 2. The molecule has 0 aliphatic rings. The highest BCUT2D eigenvalue weighted by Crippen LogP contribution is 2.28. The molecular weight excluding hydrogens is 312 g/mol. The van der Waals surface area contributed by atoms with Gasteiger partial charge in [-0.15, -0.1) is 11.3 Å². The van der Waals surface area contributed by atoms with Crippen LogP contribution in [0.1, 0.15) is 24.6 Å². The molecule has 0 spiro atoms. The predicted octanol–water partition coefficient (Wildman–Crippen LogP) is 3.68. The number of benzene rings is 1. The van der Waals surface area contributed by atoms with Crippen LogP contribution >= 0.6 is 11.3 Å². The molecule has 0 atom stereocenters. The molecule has 1 aromatic carbocycles. The van der Waals surface area contributed by atoms with Crippen LogP contribution in [0.3, 0.4) is 0 Å². The number of carbonyl (C=O) groups is 2. The van der Waals surface area contributed by atoms with Gasteiger partial charge in [0.1, 0.15) is 5.75 Å². The summed E-state index contributed by atoms with van der Waals surface area (Å²) in [6.45, 7) is 1.44. The number of carbonyl (C=O) groups excluding carboxylic acids is 2. The van der Waals surface area contributed by atoms with E-state index in [9.17, 15) is 9.59 Å². The molecule has 6 heteroatoms. The Balaban J connectivity index is 1.93. The number of amides is 2. The van der Waals surface area contributed by atoms with Crippen LogP contribution in [-0.2, 0) is 16.0 Å². The molecule has 2 amide bonds. The summed E-state index contributed by atoms with van der Waals surface area (Å²) in [6, 6.07) is 9.22. The Bertz CT molecular complexity index is 668. The average Bonchev–Trinajstić information content (AvgIpc) is 3.00. The molecule has 0 aliphatic carbocycles. The lowest BCUT2D eigenvalue weighted by molar-refractivity contribution is -0.116. The van der Waals surface area contributed by atoms with Crippen LogP contribution < -0.4 is 15.4 Å². The minimum absolute atomic E-state index is 0.0696. The van der Waals surface area contributed by atoms with E-state index < -0.39 is 0 Å². The topological polar surface area (TPSA) is 67.4 Å². The van der Waals surface area contributed by atoms with Gasteiger partial charge in [0.15, 0.2) is 0 Å². The van der Waals surface area contributed by atoms with Crippen LogP contribution in [0.5, 0.6) is 5.75 Å². The highest BCUT2D eigenvalue weighted by molar-refractivity contribution is 7.09. The summed E-state index contributed by atoms with van der Waals surface area (Å²) in [4.78, 5) is 24.5. The van der Waals surface area contributed by atoms with Crippen molar-refractivity contribution in [2.45, 2.75) is 26.2 Å². The summed E-state index contributed by atoms with van der Waals surface area (Å²) in [5.74, 6) is 0.328. The van der Waals surface area contributed by atoms with E-state index in [1.165, 1.54) is 11.8 Å². The zero-order chi connectivity index (χ0) is 16.7. The maximum Gasteiger partial charge on any atom is 0.224 e. The summed E-state index contributed by atoms with van der Waals surface area (Å²) in [5.41, 5.74) is 1.17. The zero-order valence-corrected chi connectivity index (χ0v) is 14.0. The molecule has 0 radical (unpaired) electrons. The van der Waals surface area contributed by atoms with Crippen LogP contribution in [0.2, 0.25) is 0 Å². The van der Waals surface area contributed by atoms with Gasteiger partial charge in [-0.05, 0) is 42.5 Å². The monoisotopic (exact) mass is 332 g/mol. The average molecular weight is 332 g/mol. The van der Waals surface area contributed by atoms with Gasteiger partial charge >= 0.3 is 0 Å². The first-order valence-corrected chi connectivity index (χ1v) is 8.24. The maximum atomic E-state index is 12.1. The normalized spacial score (nSPS) is 10.2. The van der Waals surface area contributed by atoms with Gasteiger partial charge in [0.2, 0.25) is 11.8 Å². The van der Waals surface area contributed by atoms with Crippen LogP contribution in [-0.4, -0.2) is 18.9 Å². The molecule has 122 valence electrons. The van der Waals surface area contributed by atoms with Gasteiger partial charge in [-0.1, -0.05) is 6.07 Å². The van der Waals surface area contributed by atoms with Gasteiger partial charge in [0.25, 0.3) is 0 Å². The summed E-state index contributed by atoms with van der Waals surface area (Å²) < 4.78 is 5.24. The molecule has 2 aromatic rings. The summed E-state index contributed by atoms with van der Waals surface area (Å²) in [5, 5.41) is 7.57. The van der Waals surface area contributed by atoms with Crippen molar-refractivity contribution in [2.75, 3.05) is 17.7 Å². The molecular formula is C17H20N2O3S. The van der Waals surface area contributed by atoms with Gasteiger partial charge in [-0.3, -0.25) is 9.59 Å². The van der Waals surface area contributed by atoms with Crippen molar-refractivity contribution in [1.82, 2.24) is 0 Å². The Hall–Kier alpha value is -2.34. The first-order valence-electron chi connectivity index (χ1n) is 7.36. The molecule has 0 bridgehead atoms. The van der Waals surface area contributed by atoms with Crippen molar-refractivity contribution in [2.24, 2.45) is 0 Å². The van der Waals surface area contributed by atoms with E-state index >= 15 is 0 Å². The fourth-order valence-electron chi connectivity index (χ4n) is 2.18. The highest BCUT2D eigenvalue weighted by atomic mass is 32.1. The molecule has 5 nitrogen and oxygen atoms in total. The summed E-state index contributed by atoms with van der Waals surface area (Å²) >= 11 is 1.70. The first kappa shape index (κ1) is 17.0. The number of hydrogen-bond acceptors (Lipinski definition) is 4. The van der Waals surface area contributed by atoms with Crippen molar-refractivity contribution in [1.29, 1.82) is 0 Å². The van der Waals surface area contributed by atoms with Gasteiger partial charge in [-0.2, -0.15) is 0 Å². The number of thiophene rings is 1. The first-order chi connectivity index (χ1) is 11.1. The van der Waals surface area contributed by atoms with Crippen LogP contribution in [0.15, 0.2) is 35.7 Å². The fourth-order valence-corrected chi connectivity index (χ4v) is 2.93. The van der Waals surface area contributed by atoms with E-state index in [-0.39, 0.29) is 11.8 Å². The number of anilines is 2. The minimum atomic E-state index is -0.164. The van der Waals surface area contributed by atoms with E-state index in [0.29, 0.717) is 23.5 Å². The van der Waals surface area contributed by atoms with Crippen molar-refractivity contribution in [3.63, 3.8) is 0 Å².